The van der Waals surface area contributed by atoms with Gasteiger partial charge in [-0.2, -0.15) is 0 Å². The van der Waals surface area contributed by atoms with Crippen LogP contribution in [0.4, 0.5) is 4.39 Å². The number of H-pyrrole nitrogens is 1. The van der Waals surface area contributed by atoms with Gasteiger partial charge in [0.2, 0.25) is 0 Å². The molecule has 5 heteroatoms. The van der Waals surface area contributed by atoms with E-state index in [4.69, 9.17) is 0 Å². The molecule has 0 aliphatic heterocycles. The third kappa shape index (κ3) is 2.18. The van der Waals surface area contributed by atoms with Crippen LogP contribution in [0.1, 0.15) is 6.92 Å². The second kappa shape index (κ2) is 4.37. The van der Waals surface area contributed by atoms with Gasteiger partial charge in [-0.05, 0) is 19.1 Å². The number of hydrogen-bond acceptors (Lipinski definition) is 2. The molecule has 2 rings (SSSR count). The van der Waals surface area contributed by atoms with Crippen molar-refractivity contribution in [2.75, 3.05) is 0 Å². The van der Waals surface area contributed by atoms with E-state index < -0.39 is 17.1 Å². The molecular formula is C12H11FN2O2. The maximum Gasteiger partial charge on any atom is 0.328 e. The summed E-state index contributed by atoms with van der Waals surface area (Å²) >= 11 is 0. The lowest BCUT2D eigenvalue weighted by Crippen LogP contribution is -2.30. The molecule has 0 aliphatic rings. The molecule has 0 amide bonds. The summed E-state index contributed by atoms with van der Waals surface area (Å²) in [5, 5.41) is 0. The fourth-order valence-corrected chi connectivity index (χ4v) is 1.72. The number of benzene rings is 1. The molecule has 88 valence electrons. The van der Waals surface area contributed by atoms with E-state index in [-0.39, 0.29) is 0 Å². The number of aromatic amines is 1. The molecule has 1 heterocycles. The summed E-state index contributed by atoms with van der Waals surface area (Å²) in [5.74, 6) is -0.405. The zero-order valence-electron chi connectivity index (χ0n) is 9.24. The van der Waals surface area contributed by atoms with Crippen molar-refractivity contribution < 1.29 is 4.39 Å². The van der Waals surface area contributed by atoms with Crippen molar-refractivity contribution in [1.29, 1.82) is 0 Å². The van der Waals surface area contributed by atoms with Gasteiger partial charge in [-0.15, -0.1) is 0 Å². The Morgan fingerprint density at radius 3 is 2.71 bits per heavy atom. The monoisotopic (exact) mass is 234 g/mol. The molecule has 0 spiro atoms. The first-order valence-corrected chi connectivity index (χ1v) is 5.22. The number of nitrogens with zero attached hydrogens (tertiary/aromatic N) is 1. The average molecular weight is 234 g/mol. The fraction of sp³-hybridized carbons (Fsp3) is 0.167. The minimum Gasteiger partial charge on any atom is -0.294 e. The molecular weight excluding hydrogens is 223 g/mol. The van der Waals surface area contributed by atoms with Gasteiger partial charge in [-0.25, -0.2) is 9.18 Å². The van der Waals surface area contributed by atoms with Gasteiger partial charge >= 0.3 is 5.69 Å². The van der Waals surface area contributed by atoms with Gasteiger partial charge in [-0.3, -0.25) is 14.3 Å². The van der Waals surface area contributed by atoms with E-state index in [0.717, 1.165) is 0 Å². The van der Waals surface area contributed by atoms with Crippen LogP contribution in [0, 0.1) is 5.82 Å². The highest BCUT2D eigenvalue weighted by molar-refractivity contribution is 5.59. The van der Waals surface area contributed by atoms with Crippen LogP contribution in [-0.4, -0.2) is 9.55 Å². The number of rotatable bonds is 2. The molecule has 0 atom stereocenters. The Bertz CT molecular complexity index is 658. The van der Waals surface area contributed by atoms with E-state index in [2.05, 4.69) is 4.98 Å². The summed E-state index contributed by atoms with van der Waals surface area (Å²) in [6.45, 7) is 2.18. The van der Waals surface area contributed by atoms with Gasteiger partial charge in [0.05, 0.1) is 5.69 Å². The molecule has 0 radical (unpaired) electrons. The van der Waals surface area contributed by atoms with Crippen molar-refractivity contribution in [2.45, 2.75) is 13.5 Å². The van der Waals surface area contributed by atoms with Gasteiger partial charge < -0.3 is 0 Å². The highest BCUT2D eigenvalue weighted by Gasteiger charge is 2.07. The maximum atomic E-state index is 13.1. The van der Waals surface area contributed by atoms with Gasteiger partial charge in [0, 0.05) is 18.2 Å². The number of nitrogens with one attached hydrogen (secondary N) is 1. The van der Waals surface area contributed by atoms with E-state index in [0.29, 0.717) is 17.8 Å². The lowest BCUT2D eigenvalue weighted by atomic mass is 10.1. The predicted molar refractivity (Wildman–Crippen MR) is 62.4 cm³/mol. The van der Waals surface area contributed by atoms with Crippen molar-refractivity contribution in [3.05, 3.63) is 57.0 Å². The van der Waals surface area contributed by atoms with Crippen LogP contribution in [0.15, 0.2) is 39.9 Å². The summed E-state index contributed by atoms with van der Waals surface area (Å²) in [5.41, 5.74) is -0.0472. The van der Waals surface area contributed by atoms with Crippen molar-refractivity contribution in [1.82, 2.24) is 9.55 Å². The van der Waals surface area contributed by atoms with Crippen LogP contribution in [-0.2, 0) is 6.54 Å². The van der Waals surface area contributed by atoms with E-state index >= 15 is 0 Å². The summed E-state index contributed by atoms with van der Waals surface area (Å²) in [7, 11) is 0. The highest BCUT2D eigenvalue weighted by atomic mass is 19.1. The van der Waals surface area contributed by atoms with Gasteiger partial charge in [0.15, 0.2) is 0 Å². The molecule has 17 heavy (non-hydrogen) atoms. The SMILES string of the molecule is CCn1c(-c2cccc(F)c2)cc(=O)[nH]c1=O. The van der Waals surface area contributed by atoms with Crippen LogP contribution in [0.5, 0.6) is 0 Å². The third-order valence-corrected chi connectivity index (χ3v) is 2.47. The molecule has 0 bridgehead atoms. The van der Waals surface area contributed by atoms with Crippen LogP contribution in [0.25, 0.3) is 11.3 Å². The molecule has 0 aliphatic carbocycles. The molecule has 1 N–H and O–H groups in total. The van der Waals surface area contributed by atoms with E-state index in [1.54, 1.807) is 13.0 Å². The van der Waals surface area contributed by atoms with Crippen LogP contribution < -0.4 is 11.2 Å². The molecule has 4 nitrogen and oxygen atoms in total. The van der Waals surface area contributed by atoms with Crippen molar-refractivity contribution in [2.24, 2.45) is 0 Å². The van der Waals surface area contributed by atoms with Crippen molar-refractivity contribution in [3.63, 3.8) is 0 Å². The second-order valence-corrected chi connectivity index (χ2v) is 3.58. The first kappa shape index (κ1) is 11.3. The van der Waals surface area contributed by atoms with Crippen molar-refractivity contribution >= 4 is 0 Å². The molecule has 0 saturated carbocycles. The summed E-state index contributed by atoms with van der Waals surface area (Å²) in [4.78, 5) is 25.0. The average Bonchev–Trinajstić information content (AvgIpc) is 2.28. The fourth-order valence-electron chi connectivity index (χ4n) is 1.72. The minimum absolute atomic E-state index is 0.404. The Hall–Kier alpha value is -2.17. The van der Waals surface area contributed by atoms with Crippen LogP contribution >= 0.6 is 0 Å². The Kier molecular flexibility index (Phi) is 2.91. The zero-order chi connectivity index (χ0) is 12.4. The molecule has 0 unspecified atom stereocenters. The second-order valence-electron chi connectivity index (χ2n) is 3.58. The highest BCUT2D eigenvalue weighted by Crippen LogP contribution is 2.17. The predicted octanol–water partition coefficient (Wildman–Crippen LogP) is 1.36. The van der Waals surface area contributed by atoms with Crippen LogP contribution in [0.3, 0.4) is 0 Å². The van der Waals surface area contributed by atoms with E-state index in [1.165, 1.54) is 28.8 Å². The zero-order valence-corrected chi connectivity index (χ0v) is 9.24. The van der Waals surface area contributed by atoms with Gasteiger partial charge in [0.1, 0.15) is 5.82 Å². The molecule has 0 saturated heterocycles. The van der Waals surface area contributed by atoms with Gasteiger partial charge in [-0.1, -0.05) is 12.1 Å². The van der Waals surface area contributed by atoms with Crippen molar-refractivity contribution in [3.8, 4) is 11.3 Å². The smallest absolute Gasteiger partial charge is 0.294 e. The Balaban J connectivity index is 2.74. The lowest BCUT2D eigenvalue weighted by Gasteiger charge is -2.09. The van der Waals surface area contributed by atoms with Crippen LogP contribution in [0.2, 0.25) is 0 Å². The number of aromatic nitrogens is 2. The van der Waals surface area contributed by atoms with E-state index in [9.17, 15) is 14.0 Å². The lowest BCUT2D eigenvalue weighted by molar-refractivity contribution is 0.627. The topological polar surface area (TPSA) is 54.9 Å². The molecule has 0 fully saturated rings. The van der Waals surface area contributed by atoms with Gasteiger partial charge in [0.25, 0.3) is 5.56 Å². The molecule has 1 aromatic carbocycles. The summed E-state index contributed by atoms with van der Waals surface area (Å²) in [6, 6.07) is 7.09. The summed E-state index contributed by atoms with van der Waals surface area (Å²) < 4.78 is 14.5. The Morgan fingerprint density at radius 2 is 2.06 bits per heavy atom. The maximum absolute atomic E-state index is 13.1. The Labute approximate surface area is 96.4 Å². The Morgan fingerprint density at radius 1 is 1.29 bits per heavy atom. The number of halogens is 1. The first-order chi connectivity index (χ1) is 8.11. The first-order valence-electron chi connectivity index (χ1n) is 5.22. The summed E-state index contributed by atoms with van der Waals surface area (Å²) in [6.07, 6.45) is 0. The normalized spacial score (nSPS) is 10.5. The number of hydrogen-bond donors (Lipinski definition) is 1. The molecule has 2 aromatic rings. The largest absolute Gasteiger partial charge is 0.328 e. The van der Waals surface area contributed by atoms with E-state index in [1.807, 2.05) is 0 Å². The quantitative estimate of drug-likeness (QED) is 0.853. The minimum atomic E-state index is -0.487. The standard InChI is InChI=1S/C12H11FN2O2/c1-2-15-10(7-11(16)14-12(15)17)8-4-3-5-9(13)6-8/h3-7H,2H2,1H3,(H,14,16,17). The molecule has 1 aromatic heterocycles. The third-order valence-electron chi connectivity index (χ3n) is 2.47.